The molecule has 1 aromatic heterocycles. The Morgan fingerprint density at radius 2 is 1.94 bits per heavy atom. The van der Waals surface area contributed by atoms with Crippen molar-refractivity contribution < 1.29 is 26.8 Å². The maximum atomic E-state index is 15.2. The fraction of sp³-hybridized carbons (Fsp3) is 0.250. The van der Waals surface area contributed by atoms with Crippen LogP contribution in [-0.4, -0.2) is 40.6 Å². The Morgan fingerprint density at radius 1 is 1.19 bits per heavy atom. The lowest BCUT2D eigenvalue weighted by molar-refractivity contribution is 0.172. The SMILES string of the molecule is C/C=C/NCc1c(Cc2cccc(NS(=O)(=O)NC)c2F)c(=O)oc2cc(OC(=O)N(C)C)ccc12. The Morgan fingerprint density at radius 3 is 2.61 bits per heavy atom. The van der Waals surface area contributed by atoms with Crippen LogP contribution in [0.25, 0.3) is 11.0 Å². The predicted molar refractivity (Wildman–Crippen MR) is 135 cm³/mol. The number of benzene rings is 2. The van der Waals surface area contributed by atoms with Crippen molar-refractivity contribution in [2.45, 2.75) is 19.9 Å². The van der Waals surface area contributed by atoms with Gasteiger partial charge >= 0.3 is 11.7 Å². The van der Waals surface area contributed by atoms with Crippen LogP contribution in [0.1, 0.15) is 23.6 Å². The molecule has 2 aromatic carbocycles. The number of nitrogens with one attached hydrogen (secondary N) is 3. The molecule has 1 heterocycles. The number of amides is 1. The molecule has 192 valence electrons. The number of rotatable bonds is 9. The fourth-order valence-corrected chi connectivity index (χ4v) is 3.93. The standard InChI is InChI=1S/C24H27FN4O6S/c1-5-11-27-14-19-17-10-9-16(34-24(31)29(3)4)13-21(17)35-23(30)18(19)12-15-7-6-8-20(22(15)25)28-36(32,33)26-2/h5-11,13,26-28H,12,14H2,1-4H3/b11-5+. The van der Waals surface area contributed by atoms with Crippen molar-refractivity contribution >= 4 is 33.0 Å². The summed E-state index contributed by atoms with van der Waals surface area (Å²) >= 11 is 0. The first-order chi connectivity index (χ1) is 17.1. The second-order valence-corrected chi connectivity index (χ2v) is 9.53. The highest BCUT2D eigenvalue weighted by molar-refractivity contribution is 7.90. The van der Waals surface area contributed by atoms with Gasteiger partial charge in [0.1, 0.15) is 11.3 Å². The first-order valence-electron chi connectivity index (χ1n) is 10.9. The van der Waals surface area contributed by atoms with Crippen molar-refractivity contribution in [1.82, 2.24) is 14.9 Å². The van der Waals surface area contributed by atoms with Crippen LogP contribution < -0.4 is 25.1 Å². The van der Waals surface area contributed by atoms with Crippen LogP contribution in [0, 0.1) is 5.82 Å². The monoisotopic (exact) mass is 518 g/mol. The quantitative estimate of drug-likeness (QED) is 0.371. The molecule has 3 aromatic rings. The van der Waals surface area contributed by atoms with Gasteiger partial charge in [-0.3, -0.25) is 4.72 Å². The lowest BCUT2D eigenvalue weighted by atomic mass is 9.97. The van der Waals surface area contributed by atoms with Crippen LogP contribution in [0.2, 0.25) is 0 Å². The van der Waals surface area contributed by atoms with Crippen molar-refractivity contribution in [2.75, 3.05) is 25.9 Å². The summed E-state index contributed by atoms with van der Waals surface area (Å²) in [5, 5.41) is 3.64. The average molecular weight is 519 g/mol. The number of hydrogen-bond acceptors (Lipinski definition) is 7. The molecule has 3 N–H and O–H groups in total. The third-order valence-corrected chi connectivity index (χ3v) is 6.21. The van der Waals surface area contributed by atoms with Crippen LogP contribution in [0.15, 0.2) is 57.9 Å². The minimum atomic E-state index is -3.94. The van der Waals surface area contributed by atoms with E-state index in [0.717, 1.165) is 0 Å². The molecular weight excluding hydrogens is 491 g/mol. The molecule has 0 atom stereocenters. The van der Waals surface area contributed by atoms with Gasteiger partial charge in [0.2, 0.25) is 0 Å². The number of nitrogens with zero attached hydrogens (tertiary/aromatic N) is 1. The van der Waals surface area contributed by atoms with Gasteiger partial charge in [0.05, 0.1) is 5.69 Å². The van der Waals surface area contributed by atoms with E-state index in [1.807, 2.05) is 6.92 Å². The van der Waals surface area contributed by atoms with Crippen LogP contribution in [0.3, 0.4) is 0 Å². The van der Waals surface area contributed by atoms with E-state index in [-0.39, 0.29) is 41.1 Å². The molecule has 10 nitrogen and oxygen atoms in total. The summed E-state index contributed by atoms with van der Waals surface area (Å²) in [7, 11) is 0.337. The smallest absolute Gasteiger partial charge is 0.414 e. The first-order valence-corrected chi connectivity index (χ1v) is 12.4. The third-order valence-electron chi connectivity index (χ3n) is 5.18. The van der Waals surface area contributed by atoms with E-state index in [0.29, 0.717) is 10.9 Å². The topological polar surface area (TPSA) is 130 Å². The Balaban J connectivity index is 2.09. The van der Waals surface area contributed by atoms with Gasteiger partial charge in [0, 0.05) is 51.1 Å². The van der Waals surface area contributed by atoms with Gasteiger partial charge < -0.3 is 19.4 Å². The molecular formula is C24H27FN4O6S. The summed E-state index contributed by atoms with van der Waals surface area (Å²) in [6.45, 7) is 2.05. The summed E-state index contributed by atoms with van der Waals surface area (Å²) in [6, 6.07) is 8.89. The molecule has 36 heavy (non-hydrogen) atoms. The van der Waals surface area contributed by atoms with Crippen molar-refractivity contribution in [3.63, 3.8) is 0 Å². The fourth-order valence-electron chi connectivity index (χ4n) is 3.38. The zero-order chi connectivity index (χ0) is 26.5. The Kier molecular flexibility index (Phi) is 8.33. The molecule has 0 aliphatic heterocycles. The molecule has 0 fully saturated rings. The molecule has 0 spiro atoms. The van der Waals surface area contributed by atoms with Crippen molar-refractivity contribution in [1.29, 1.82) is 0 Å². The molecule has 0 bridgehead atoms. The van der Waals surface area contributed by atoms with E-state index in [9.17, 15) is 18.0 Å². The maximum absolute atomic E-state index is 15.2. The zero-order valence-electron chi connectivity index (χ0n) is 20.2. The van der Waals surface area contributed by atoms with E-state index in [4.69, 9.17) is 9.15 Å². The van der Waals surface area contributed by atoms with E-state index >= 15 is 4.39 Å². The number of hydrogen-bond donors (Lipinski definition) is 3. The average Bonchev–Trinajstić information content (AvgIpc) is 2.83. The van der Waals surface area contributed by atoms with Gasteiger partial charge in [-0.05, 0) is 42.4 Å². The number of allylic oxidation sites excluding steroid dienone is 1. The summed E-state index contributed by atoms with van der Waals surface area (Å²) in [5.41, 5.74) is 0.0998. The molecule has 0 aliphatic carbocycles. The van der Waals surface area contributed by atoms with E-state index < -0.39 is 27.7 Å². The Hall–Kier alpha value is -3.90. The van der Waals surface area contributed by atoms with Crippen molar-refractivity contribution in [3.05, 3.63) is 81.6 Å². The van der Waals surface area contributed by atoms with Crippen LogP contribution in [-0.2, 0) is 23.2 Å². The molecule has 3 rings (SSSR count). The Bertz CT molecular complexity index is 1470. The molecule has 0 aliphatic rings. The summed E-state index contributed by atoms with van der Waals surface area (Å²) in [6.07, 6.45) is 2.74. The van der Waals surface area contributed by atoms with Crippen LogP contribution in [0.5, 0.6) is 5.75 Å². The van der Waals surface area contributed by atoms with E-state index in [1.165, 1.54) is 36.2 Å². The summed E-state index contributed by atoms with van der Waals surface area (Å²) < 4.78 is 53.8. The normalized spacial score (nSPS) is 11.6. The number of fused-ring (bicyclic) bond motifs is 1. The highest BCUT2D eigenvalue weighted by atomic mass is 32.2. The number of carbonyl (C=O) groups is 1. The molecule has 0 unspecified atom stereocenters. The molecule has 12 heteroatoms. The number of halogens is 1. The molecule has 0 saturated carbocycles. The zero-order valence-corrected chi connectivity index (χ0v) is 21.0. The second kappa shape index (κ2) is 11.2. The minimum Gasteiger partial charge on any atom is -0.422 e. The largest absolute Gasteiger partial charge is 0.422 e. The predicted octanol–water partition coefficient (Wildman–Crippen LogP) is 3.08. The molecule has 1 amide bonds. The van der Waals surface area contributed by atoms with Crippen LogP contribution >= 0.6 is 0 Å². The maximum Gasteiger partial charge on any atom is 0.414 e. The highest BCUT2D eigenvalue weighted by Crippen LogP contribution is 2.28. The van der Waals surface area contributed by atoms with Gasteiger partial charge in [-0.2, -0.15) is 8.42 Å². The number of ether oxygens (including phenoxy) is 1. The first kappa shape index (κ1) is 26.7. The minimum absolute atomic E-state index is 0.0989. The summed E-state index contributed by atoms with van der Waals surface area (Å²) in [4.78, 5) is 26.2. The third kappa shape index (κ3) is 6.20. The lowest BCUT2D eigenvalue weighted by Crippen LogP contribution is -2.27. The summed E-state index contributed by atoms with van der Waals surface area (Å²) in [5.74, 6) is -0.617. The number of anilines is 1. The van der Waals surface area contributed by atoms with Crippen LogP contribution in [0.4, 0.5) is 14.9 Å². The number of carbonyl (C=O) groups excluding carboxylic acids is 1. The van der Waals surface area contributed by atoms with E-state index in [1.54, 1.807) is 38.5 Å². The van der Waals surface area contributed by atoms with Gasteiger partial charge in [-0.1, -0.05) is 18.2 Å². The molecule has 0 saturated heterocycles. The van der Waals surface area contributed by atoms with Crippen molar-refractivity contribution in [3.8, 4) is 5.75 Å². The highest BCUT2D eigenvalue weighted by Gasteiger charge is 2.20. The van der Waals surface area contributed by atoms with Gasteiger partial charge in [-0.15, -0.1) is 0 Å². The second-order valence-electron chi connectivity index (χ2n) is 7.91. The van der Waals surface area contributed by atoms with Crippen molar-refractivity contribution in [2.24, 2.45) is 0 Å². The molecule has 0 radical (unpaired) electrons. The van der Waals surface area contributed by atoms with E-state index in [2.05, 4.69) is 14.8 Å². The Labute approximate surface area is 207 Å². The van der Waals surface area contributed by atoms with Gasteiger partial charge in [0.25, 0.3) is 10.2 Å². The van der Waals surface area contributed by atoms with Gasteiger partial charge in [-0.25, -0.2) is 18.7 Å². The lowest BCUT2D eigenvalue weighted by Gasteiger charge is -2.15. The van der Waals surface area contributed by atoms with Gasteiger partial charge in [0.15, 0.2) is 5.82 Å².